The minimum Gasteiger partial charge on any atom is -0.465 e. The molecule has 170 valence electrons. The summed E-state index contributed by atoms with van der Waals surface area (Å²) in [6, 6.07) is 11.7. The summed E-state index contributed by atoms with van der Waals surface area (Å²) in [5, 5.41) is 9.69. The molecule has 1 atom stereocenters. The highest BCUT2D eigenvalue weighted by atomic mass is 16.4. The molecule has 8 heteroatoms. The average molecular weight is 438 g/mol. The number of fused-ring (bicyclic) bond motifs is 2. The molecule has 0 aliphatic carbocycles. The monoisotopic (exact) mass is 437 g/mol. The van der Waals surface area contributed by atoms with Gasteiger partial charge in [0.15, 0.2) is 5.65 Å². The van der Waals surface area contributed by atoms with Crippen molar-refractivity contribution in [1.29, 1.82) is 0 Å². The second kappa shape index (κ2) is 8.00. The zero-order valence-electron chi connectivity index (χ0n) is 19.4. The summed E-state index contributed by atoms with van der Waals surface area (Å²) in [6.45, 7) is 9.70. The first-order valence-corrected chi connectivity index (χ1v) is 11.0. The molecule has 1 amide bonds. The zero-order chi connectivity index (χ0) is 23.2. The number of aromatic nitrogens is 3. The predicted molar refractivity (Wildman–Crippen MR) is 126 cm³/mol. The quantitative estimate of drug-likeness (QED) is 0.670. The standard InChI is InChI=1S/C24H31N5O3/c1-6-27(23(31)32)17-13-16-9-7-8-10-18(16)28(14-17)20-12-11-19-21(25-20)26(5)22(30)29(19)15-24(2,3)4/h7-12,17H,6,13-15H2,1-5H3,(H,31,32). The van der Waals surface area contributed by atoms with Gasteiger partial charge >= 0.3 is 11.8 Å². The lowest BCUT2D eigenvalue weighted by Crippen LogP contribution is -2.49. The van der Waals surface area contributed by atoms with E-state index in [0.717, 1.165) is 16.8 Å². The summed E-state index contributed by atoms with van der Waals surface area (Å²) in [6.07, 6.45) is -0.253. The lowest BCUT2D eigenvalue weighted by Gasteiger charge is -2.39. The summed E-state index contributed by atoms with van der Waals surface area (Å²) >= 11 is 0. The Morgan fingerprint density at radius 2 is 1.94 bits per heavy atom. The number of hydrogen-bond donors (Lipinski definition) is 1. The molecule has 8 nitrogen and oxygen atoms in total. The van der Waals surface area contributed by atoms with Gasteiger partial charge in [-0.3, -0.25) is 9.13 Å². The van der Waals surface area contributed by atoms with E-state index >= 15 is 0 Å². The van der Waals surface area contributed by atoms with Crippen LogP contribution in [0.15, 0.2) is 41.2 Å². The summed E-state index contributed by atoms with van der Waals surface area (Å²) in [4.78, 5) is 33.1. The number of imidazole rings is 1. The first-order valence-electron chi connectivity index (χ1n) is 11.0. The second-order valence-corrected chi connectivity index (χ2v) is 9.67. The van der Waals surface area contributed by atoms with Crippen molar-refractivity contribution in [2.75, 3.05) is 18.0 Å². The van der Waals surface area contributed by atoms with Crippen LogP contribution in [0.5, 0.6) is 0 Å². The van der Waals surface area contributed by atoms with Gasteiger partial charge in [-0.2, -0.15) is 0 Å². The van der Waals surface area contributed by atoms with Crippen molar-refractivity contribution in [3.63, 3.8) is 0 Å². The van der Waals surface area contributed by atoms with Crippen molar-refractivity contribution >= 4 is 28.8 Å². The Morgan fingerprint density at radius 3 is 2.59 bits per heavy atom. The number of nitrogens with zero attached hydrogens (tertiary/aromatic N) is 5. The number of anilines is 2. The fourth-order valence-corrected chi connectivity index (χ4v) is 4.59. The maximum absolute atomic E-state index is 12.9. The van der Waals surface area contributed by atoms with E-state index in [0.29, 0.717) is 37.5 Å². The van der Waals surface area contributed by atoms with Crippen molar-refractivity contribution in [3.8, 4) is 0 Å². The van der Waals surface area contributed by atoms with E-state index in [1.807, 2.05) is 43.3 Å². The molecule has 1 aliphatic heterocycles. The molecule has 0 fully saturated rings. The van der Waals surface area contributed by atoms with Crippen LogP contribution >= 0.6 is 0 Å². The topological polar surface area (TPSA) is 83.6 Å². The molecule has 0 saturated carbocycles. The smallest absolute Gasteiger partial charge is 0.407 e. The Kier molecular flexibility index (Phi) is 5.48. The van der Waals surface area contributed by atoms with Crippen molar-refractivity contribution in [2.24, 2.45) is 12.5 Å². The van der Waals surface area contributed by atoms with E-state index in [1.165, 1.54) is 4.90 Å². The van der Waals surface area contributed by atoms with Crippen LogP contribution in [-0.2, 0) is 20.0 Å². The molecule has 1 aliphatic rings. The largest absolute Gasteiger partial charge is 0.465 e. The van der Waals surface area contributed by atoms with Gasteiger partial charge in [-0.15, -0.1) is 0 Å². The molecule has 1 aromatic carbocycles. The van der Waals surface area contributed by atoms with Crippen molar-refractivity contribution < 1.29 is 9.90 Å². The molecule has 0 bridgehead atoms. The van der Waals surface area contributed by atoms with Gasteiger partial charge in [-0.25, -0.2) is 14.6 Å². The van der Waals surface area contributed by atoms with Crippen molar-refractivity contribution in [1.82, 2.24) is 19.0 Å². The van der Waals surface area contributed by atoms with Crippen LogP contribution in [0.3, 0.4) is 0 Å². The lowest BCUT2D eigenvalue weighted by molar-refractivity contribution is 0.127. The minimum atomic E-state index is -0.915. The molecule has 3 aromatic rings. The van der Waals surface area contributed by atoms with Crippen LogP contribution in [0.4, 0.5) is 16.3 Å². The number of para-hydroxylation sites is 1. The molecular weight excluding hydrogens is 406 g/mol. The number of carboxylic acid groups (broad SMARTS) is 1. The summed E-state index contributed by atoms with van der Waals surface area (Å²) in [5.41, 5.74) is 3.41. The van der Waals surface area contributed by atoms with Crippen LogP contribution in [0.1, 0.15) is 33.3 Å². The van der Waals surface area contributed by atoms with E-state index in [1.54, 1.807) is 16.2 Å². The Balaban J connectivity index is 1.81. The van der Waals surface area contributed by atoms with Gasteiger partial charge in [0.05, 0.1) is 11.6 Å². The number of hydrogen-bond acceptors (Lipinski definition) is 4. The lowest BCUT2D eigenvalue weighted by atomic mass is 9.96. The van der Waals surface area contributed by atoms with E-state index in [2.05, 4.69) is 25.7 Å². The Bertz CT molecular complexity index is 1220. The van der Waals surface area contributed by atoms with Crippen molar-refractivity contribution in [2.45, 2.75) is 46.7 Å². The Labute approximate surface area is 187 Å². The molecule has 4 rings (SSSR count). The van der Waals surface area contributed by atoms with Gasteiger partial charge in [0.2, 0.25) is 0 Å². The molecule has 2 aromatic heterocycles. The molecule has 0 saturated heterocycles. The van der Waals surface area contributed by atoms with Gasteiger partial charge in [-0.05, 0) is 42.5 Å². The fraction of sp³-hybridized carbons (Fsp3) is 0.458. The van der Waals surface area contributed by atoms with Crippen LogP contribution < -0.4 is 10.6 Å². The number of carbonyl (C=O) groups is 1. The van der Waals surface area contributed by atoms with E-state index in [9.17, 15) is 14.7 Å². The normalized spacial score (nSPS) is 16.3. The van der Waals surface area contributed by atoms with Crippen LogP contribution in [0.2, 0.25) is 0 Å². The van der Waals surface area contributed by atoms with Crippen LogP contribution in [0.25, 0.3) is 11.2 Å². The van der Waals surface area contributed by atoms with Gasteiger partial charge in [0.1, 0.15) is 5.82 Å². The molecule has 0 spiro atoms. The second-order valence-electron chi connectivity index (χ2n) is 9.67. The number of aryl methyl sites for hydroxylation is 1. The first-order chi connectivity index (χ1) is 15.1. The highest BCUT2D eigenvalue weighted by molar-refractivity contribution is 5.77. The van der Waals surface area contributed by atoms with Gasteiger partial charge in [0, 0.05) is 32.4 Å². The summed E-state index contributed by atoms with van der Waals surface area (Å²) in [7, 11) is 1.75. The Hall–Kier alpha value is -3.29. The number of rotatable bonds is 4. The fourth-order valence-electron chi connectivity index (χ4n) is 4.59. The van der Waals surface area contributed by atoms with Gasteiger partial charge < -0.3 is 14.9 Å². The highest BCUT2D eigenvalue weighted by Gasteiger charge is 2.32. The first kappa shape index (κ1) is 21.9. The third-order valence-electron chi connectivity index (χ3n) is 6.03. The Morgan fingerprint density at radius 1 is 1.22 bits per heavy atom. The van der Waals surface area contributed by atoms with Gasteiger partial charge in [-0.1, -0.05) is 39.0 Å². The molecule has 0 radical (unpaired) electrons. The van der Waals surface area contributed by atoms with E-state index in [-0.39, 0.29) is 17.1 Å². The molecule has 1 unspecified atom stereocenters. The van der Waals surface area contributed by atoms with Crippen LogP contribution in [-0.4, -0.2) is 49.3 Å². The molecule has 32 heavy (non-hydrogen) atoms. The SMILES string of the molecule is CCN(C(=O)O)C1Cc2ccccc2N(c2ccc3c(n2)n(C)c(=O)n3CC(C)(C)C)C1. The van der Waals surface area contributed by atoms with Crippen LogP contribution in [0, 0.1) is 5.41 Å². The van der Waals surface area contributed by atoms with E-state index in [4.69, 9.17) is 4.98 Å². The summed E-state index contributed by atoms with van der Waals surface area (Å²) < 4.78 is 3.37. The number of pyridine rings is 1. The van der Waals surface area contributed by atoms with Crippen molar-refractivity contribution in [3.05, 3.63) is 52.4 Å². The number of benzene rings is 1. The molecule has 1 N–H and O–H groups in total. The third kappa shape index (κ3) is 3.85. The predicted octanol–water partition coefficient (Wildman–Crippen LogP) is 3.84. The molecular formula is C24H31N5O3. The zero-order valence-corrected chi connectivity index (χ0v) is 19.4. The summed E-state index contributed by atoms with van der Waals surface area (Å²) in [5.74, 6) is 0.708. The molecule has 3 heterocycles. The maximum atomic E-state index is 12.9. The highest BCUT2D eigenvalue weighted by Crippen LogP contribution is 2.34. The number of amides is 1. The third-order valence-corrected chi connectivity index (χ3v) is 6.03. The average Bonchev–Trinajstić information content (AvgIpc) is 2.96. The van der Waals surface area contributed by atoms with Gasteiger partial charge in [0.25, 0.3) is 0 Å². The maximum Gasteiger partial charge on any atom is 0.407 e. The van der Waals surface area contributed by atoms with E-state index < -0.39 is 6.09 Å². The number of likely N-dealkylation sites (N-methyl/N-ethyl adjacent to an activating group) is 1. The minimum absolute atomic E-state index is 0.0454.